The van der Waals surface area contributed by atoms with Crippen molar-refractivity contribution in [1.29, 1.82) is 0 Å². The number of hydrogen-bond acceptors (Lipinski definition) is 4. The Bertz CT molecular complexity index is 496. The first-order valence-electron chi connectivity index (χ1n) is 7.71. The lowest BCUT2D eigenvalue weighted by Gasteiger charge is -2.12. The van der Waals surface area contributed by atoms with E-state index >= 15 is 0 Å². The third kappa shape index (κ3) is 5.27. The number of ether oxygens (including phenoxy) is 1. The number of amides is 1. The highest BCUT2D eigenvalue weighted by molar-refractivity contribution is 5.82. The van der Waals surface area contributed by atoms with Crippen LogP contribution in [0.15, 0.2) is 24.3 Å². The number of benzene rings is 1. The summed E-state index contributed by atoms with van der Waals surface area (Å²) in [5.74, 6) is 0.688. The summed E-state index contributed by atoms with van der Waals surface area (Å²) in [6.07, 6.45) is 1.83. The van der Waals surface area contributed by atoms with Gasteiger partial charge >= 0.3 is 0 Å². The molecule has 2 unspecified atom stereocenters. The largest absolute Gasteiger partial charge is 0.492 e. The molecule has 6 heteroatoms. The second kappa shape index (κ2) is 8.10. The Morgan fingerprint density at radius 1 is 1.45 bits per heavy atom. The van der Waals surface area contributed by atoms with Crippen LogP contribution in [-0.2, 0) is 4.79 Å². The highest BCUT2D eigenvalue weighted by Crippen LogP contribution is 2.14. The molecule has 1 amide bonds. The van der Waals surface area contributed by atoms with Gasteiger partial charge in [0.05, 0.1) is 6.54 Å². The Morgan fingerprint density at radius 3 is 3.00 bits per heavy atom. The molecule has 1 saturated heterocycles. The lowest BCUT2D eigenvalue weighted by atomic mass is 10.00. The van der Waals surface area contributed by atoms with Crippen molar-refractivity contribution in [3.05, 3.63) is 30.1 Å². The highest BCUT2D eigenvalue weighted by atomic mass is 19.1. The maximum atomic E-state index is 13.0. The summed E-state index contributed by atoms with van der Waals surface area (Å²) in [6.45, 7) is 5.03. The lowest BCUT2D eigenvalue weighted by molar-refractivity contribution is -0.123. The van der Waals surface area contributed by atoms with E-state index < -0.39 is 0 Å². The van der Waals surface area contributed by atoms with Gasteiger partial charge in [0, 0.05) is 12.1 Å². The molecule has 1 aromatic carbocycles. The van der Waals surface area contributed by atoms with Crippen molar-refractivity contribution >= 4 is 5.91 Å². The Morgan fingerprint density at radius 2 is 2.27 bits per heavy atom. The van der Waals surface area contributed by atoms with Crippen molar-refractivity contribution < 1.29 is 13.9 Å². The first-order valence-corrected chi connectivity index (χ1v) is 7.71. The van der Waals surface area contributed by atoms with Gasteiger partial charge in [0.1, 0.15) is 24.2 Å². The van der Waals surface area contributed by atoms with Crippen LogP contribution in [0.2, 0.25) is 0 Å². The van der Waals surface area contributed by atoms with Crippen LogP contribution in [0.5, 0.6) is 5.75 Å². The van der Waals surface area contributed by atoms with Crippen LogP contribution in [0.3, 0.4) is 0 Å². The predicted molar refractivity (Wildman–Crippen MR) is 82.8 cm³/mol. The molecule has 1 heterocycles. The first kappa shape index (κ1) is 16.7. The van der Waals surface area contributed by atoms with Crippen LogP contribution in [0.1, 0.15) is 26.7 Å². The van der Waals surface area contributed by atoms with Crippen molar-refractivity contribution in [3.8, 4) is 5.75 Å². The minimum Gasteiger partial charge on any atom is -0.492 e. The molecule has 0 aromatic heterocycles. The molecular weight excluding hydrogens is 285 g/mol. The quantitative estimate of drug-likeness (QED) is 0.670. The van der Waals surface area contributed by atoms with Crippen LogP contribution in [0.25, 0.3) is 0 Å². The number of rotatable bonds is 7. The van der Waals surface area contributed by atoms with Crippen LogP contribution in [0.4, 0.5) is 4.39 Å². The van der Waals surface area contributed by atoms with Crippen molar-refractivity contribution in [3.63, 3.8) is 0 Å². The fourth-order valence-corrected chi connectivity index (χ4v) is 2.54. The molecule has 0 bridgehead atoms. The predicted octanol–water partition coefficient (Wildman–Crippen LogP) is 1.60. The average Bonchev–Trinajstić information content (AvgIpc) is 2.91. The Kier molecular flexibility index (Phi) is 6.15. The minimum absolute atomic E-state index is 0.0402. The SMILES string of the molecule is CC(C)CC1CC(C(=O)NCCOc2cccc(F)c2)NN1. The van der Waals surface area contributed by atoms with Gasteiger partial charge in [-0.3, -0.25) is 10.2 Å². The van der Waals surface area contributed by atoms with E-state index in [-0.39, 0.29) is 17.8 Å². The fraction of sp³-hybridized carbons (Fsp3) is 0.562. The number of carbonyl (C=O) groups excluding carboxylic acids is 1. The average molecular weight is 309 g/mol. The summed E-state index contributed by atoms with van der Waals surface area (Å²) in [5, 5.41) is 2.82. The topological polar surface area (TPSA) is 62.4 Å². The molecule has 1 fully saturated rings. The zero-order valence-electron chi connectivity index (χ0n) is 13.1. The van der Waals surface area contributed by atoms with Crippen molar-refractivity contribution in [1.82, 2.24) is 16.2 Å². The molecule has 2 rings (SSSR count). The third-order valence-corrected chi connectivity index (χ3v) is 3.52. The minimum atomic E-state index is -0.334. The first-order chi connectivity index (χ1) is 10.5. The second-order valence-electron chi connectivity index (χ2n) is 6.00. The summed E-state index contributed by atoms with van der Waals surface area (Å²) in [5.41, 5.74) is 6.18. The van der Waals surface area contributed by atoms with E-state index in [9.17, 15) is 9.18 Å². The van der Waals surface area contributed by atoms with E-state index in [1.807, 2.05) is 0 Å². The van der Waals surface area contributed by atoms with Gasteiger partial charge in [-0.1, -0.05) is 19.9 Å². The molecule has 1 aliphatic heterocycles. The number of nitrogens with one attached hydrogen (secondary N) is 3. The third-order valence-electron chi connectivity index (χ3n) is 3.52. The summed E-state index contributed by atoms with van der Waals surface area (Å²) < 4.78 is 18.4. The Hall–Kier alpha value is -1.66. The summed E-state index contributed by atoms with van der Waals surface area (Å²) in [6, 6.07) is 6.08. The van der Waals surface area contributed by atoms with Gasteiger partial charge in [-0.25, -0.2) is 9.82 Å². The van der Waals surface area contributed by atoms with Crippen molar-refractivity contribution in [2.24, 2.45) is 5.92 Å². The monoisotopic (exact) mass is 309 g/mol. The number of hydrogen-bond donors (Lipinski definition) is 3. The number of halogens is 1. The van der Waals surface area contributed by atoms with E-state index in [2.05, 4.69) is 30.0 Å². The molecule has 1 aromatic rings. The van der Waals surface area contributed by atoms with E-state index in [1.54, 1.807) is 12.1 Å². The molecule has 0 saturated carbocycles. The Labute approximate surface area is 130 Å². The fourth-order valence-electron chi connectivity index (χ4n) is 2.54. The maximum absolute atomic E-state index is 13.0. The summed E-state index contributed by atoms with van der Waals surface area (Å²) >= 11 is 0. The number of hydrazine groups is 1. The van der Waals surface area contributed by atoms with Gasteiger partial charge in [0.15, 0.2) is 0 Å². The molecule has 122 valence electrons. The van der Waals surface area contributed by atoms with Crippen molar-refractivity contribution in [2.75, 3.05) is 13.2 Å². The smallest absolute Gasteiger partial charge is 0.238 e. The molecule has 0 aliphatic carbocycles. The van der Waals surface area contributed by atoms with Gasteiger partial charge in [0.2, 0.25) is 5.91 Å². The molecular formula is C16H24FN3O2. The van der Waals surface area contributed by atoms with Gasteiger partial charge in [0.25, 0.3) is 0 Å². The zero-order valence-corrected chi connectivity index (χ0v) is 13.1. The molecule has 22 heavy (non-hydrogen) atoms. The highest BCUT2D eigenvalue weighted by Gasteiger charge is 2.29. The van der Waals surface area contributed by atoms with Gasteiger partial charge in [-0.05, 0) is 30.9 Å². The van der Waals surface area contributed by atoms with Crippen LogP contribution < -0.4 is 20.9 Å². The molecule has 5 nitrogen and oxygen atoms in total. The van der Waals surface area contributed by atoms with E-state index in [4.69, 9.17) is 4.74 Å². The molecule has 1 aliphatic rings. The van der Waals surface area contributed by atoms with Gasteiger partial charge in [-0.15, -0.1) is 0 Å². The summed E-state index contributed by atoms with van der Waals surface area (Å²) in [4.78, 5) is 12.0. The van der Waals surface area contributed by atoms with Crippen LogP contribution in [-0.4, -0.2) is 31.1 Å². The van der Waals surface area contributed by atoms with Crippen LogP contribution >= 0.6 is 0 Å². The molecule has 0 radical (unpaired) electrons. The molecule has 2 atom stereocenters. The molecule has 0 spiro atoms. The van der Waals surface area contributed by atoms with Crippen molar-refractivity contribution in [2.45, 2.75) is 38.8 Å². The zero-order chi connectivity index (χ0) is 15.9. The second-order valence-corrected chi connectivity index (χ2v) is 6.00. The normalized spacial score (nSPS) is 21.1. The van der Waals surface area contributed by atoms with Gasteiger partial charge < -0.3 is 10.1 Å². The standard InChI is InChI=1S/C16H24FN3O2/c1-11(2)8-13-10-15(20-19-13)16(21)18-6-7-22-14-5-3-4-12(17)9-14/h3-5,9,11,13,15,19-20H,6-8,10H2,1-2H3,(H,18,21). The van der Waals surface area contributed by atoms with E-state index in [1.165, 1.54) is 12.1 Å². The van der Waals surface area contributed by atoms with Gasteiger partial charge in [-0.2, -0.15) is 0 Å². The lowest BCUT2D eigenvalue weighted by Crippen LogP contribution is -2.44. The maximum Gasteiger partial charge on any atom is 0.238 e. The molecule has 3 N–H and O–H groups in total. The summed E-state index contributed by atoms with van der Waals surface area (Å²) in [7, 11) is 0. The van der Waals surface area contributed by atoms with E-state index in [0.717, 1.165) is 12.8 Å². The van der Waals surface area contributed by atoms with E-state index in [0.29, 0.717) is 30.9 Å². The Balaban J connectivity index is 1.64. The van der Waals surface area contributed by atoms with Crippen LogP contribution in [0, 0.1) is 11.7 Å². The number of carbonyl (C=O) groups is 1.